The maximum Gasteiger partial charge on any atom is 0.418 e. The molecule has 8 heteroatoms. The molecule has 0 aromatic heterocycles. The average Bonchev–Trinajstić information content (AvgIpc) is 2.88. The maximum atomic E-state index is 13.0. The Kier molecular flexibility index (Phi) is 4.90. The van der Waals surface area contributed by atoms with E-state index in [9.17, 15) is 18.0 Å². The SMILES string of the molecule is NCC1CCC(C(=O)Nc2ccc(Br)cc2C(F)(F)F)O1. The van der Waals surface area contributed by atoms with Crippen LogP contribution in [-0.2, 0) is 15.7 Å². The van der Waals surface area contributed by atoms with E-state index in [1.807, 2.05) is 0 Å². The predicted octanol–water partition coefficient (Wildman–Crippen LogP) is 2.91. The van der Waals surface area contributed by atoms with Gasteiger partial charge in [-0.25, -0.2) is 0 Å². The number of anilines is 1. The number of ether oxygens (including phenoxy) is 1. The zero-order valence-electron chi connectivity index (χ0n) is 10.9. The monoisotopic (exact) mass is 366 g/mol. The van der Waals surface area contributed by atoms with Gasteiger partial charge in [0.15, 0.2) is 0 Å². The van der Waals surface area contributed by atoms with Gasteiger partial charge in [-0.15, -0.1) is 0 Å². The summed E-state index contributed by atoms with van der Waals surface area (Å²) in [5.41, 5.74) is 4.25. The molecule has 116 valence electrons. The lowest BCUT2D eigenvalue weighted by Gasteiger charge is -2.17. The summed E-state index contributed by atoms with van der Waals surface area (Å²) >= 11 is 2.99. The highest BCUT2D eigenvalue weighted by molar-refractivity contribution is 9.10. The molecule has 2 unspecified atom stereocenters. The summed E-state index contributed by atoms with van der Waals surface area (Å²) in [6.45, 7) is 0.288. The molecule has 2 atom stereocenters. The minimum Gasteiger partial charge on any atom is -0.364 e. The van der Waals surface area contributed by atoms with Crippen LogP contribution in [0.1, 0.15) is 18.4 Å². The molecule has 1 saturated heterocycles. The number of carbonyl (C=O) groups is 1. The van der Waals surface area contributed by atoms with E-state index in [-0.39, 0.29) is 22.8 Å². The van der Waals surface area contributed by atoms with Crippen LogP contribution >= 0.6 is 15.9 Å². The van der Waals surface area contributed by atoms with Crippen molar-refractivity contribution in [3.63, 3.8) is 0 Å². The second kappa shape index (κ2) is 6.33. The molecule has 1 heterocycles. The fourth-order valence-corrected chi connectivity index (χ4v) is 2.51. The van der Waals surface area contributed by atoms with Crippen molar-refractivity contribution >= 4 is 27.5 Å². The fourth-order valence-electron chi connectivity index (χ4n) is 2.15. The number of halogens is 4. The largest absolute Gasteiger partial charge is 0.418 e. The topological polar surface area (TPSA) is 64.4 Å². The zero-order chi connectivity index (χ0) is 15.6. The van der Waals surface area contributed by atoms with Gasteiger partial charge in [0.05, 0.1) is 17.4 Å². The molecule has 2 rings (SSSR count). The lowest BCUT2D eigenvalue weighted by atomic mass is 10.1. The van der Waals surface area contributed by atoms with Gasteiger partial charge < -0.3 is 15.8 Å². The van der Waals surface area contributed by atoms with Crippen LogP contribution in [-0.4, -0.2) is 24.7 Å². The normalized spacial score (nSPS) is 22.3. The highest BCUT2D eigenvalue weighted by atomic mass is 79.9. The number of alkyl halides is 3. The number of hydrogen-bond acceptors (Lipinski definition) is 3. The third kappa shape index (κ3) is 3.96. The van der Waals surface area contributed by atoms with E-state index in [2.05, 4.69) is 21.2 Å². The third-order valence-corrected chi connectivity index (χ3v) is 3.70. The van der Waals surface area contributed by atoms with Crippen LogP contribution in [0.2, 0.25) is 0 Å². The molecular formula is C13H14BrF3N2O2. The van der Waals surface area contributed by atoms with Crippen LogP contribution in [0.15, 0.2) is 22.7 Å². The van der Waals surface area contributed by atoms with Crippen molar-refractivity contribution in [1.29, 1.82) is 0 Å². The van der Waals surface area contributed by atoms with Gasteiger partial charge in [0.25, 0.3) is 5.91 Å². The van der Waals surface area contributed by atoms with Crippen molar-refractivity contribution in [2.45, 2.75) is 31.2 Å². The number of nitrogens with one attached hydrogen (secondary N) is 1. The van der Waals surface area contributed by atoms with Gasteiger partial charge in [0, 0.05) is 11.0 Å². The highest BCUT2D eigenvalue weighted by Gasteiger charge is 2.36. The molecule has 0 saturated carbocycles. The third-order valence-electron chi connectivity index (χ3n) is 3.21. The van der Waals surface area contributed by atoms with Crippen LogP contribution in [0.25, 0.3) is 0 Å². The summed E-state index contributed by atoms with van der Waals surface area (Å²) in [6.07, 6.45) is -4.45. The Morgan fingerprint density at radius 1 is 1.43 bits per heavy atom. The summed E-state index contributed by atoms with van der Waals surface area (Å²) in [6, 6.07) is 3.57. The molecule has 1 aromatic carbocycles. The van der Waals surface area contributed by atoms with Crippen LogP contribution < -0.4 is 11.1 Å². The zero-order valence-corrected chi connectivity index (χ0v) is 12.5. The Bertz CT molecular complexity index is 537. The average molecular weight is 367 g/mol. The van der Waals surface area contributed by atoms with Gasteiger partial charge in [0.1, 0.15) is 6.10 Å². The number of carbonyl (C=O) groups excluding carboxylic acids is 1. The van der Waals surface area contributed by atoms with Crippen molar-refractivity contribution in [1.82, 2.24) is 0 Å². The van der Waals surface area contributed by atoms with Gasteiger partial charge >= 0.3 is 6.18 Å². The molecule has 3 N–H and O–H groups in total. The maximum absolute atomic E-state index is 13.0. The second-order valence-electron chi connectivity index (χ2n) is 4.74. The predicted molar refractivity (Wildman–Crippen MR) is 74.7 cm³/mol. The first kappa shape index (κ1) is 16.3. The van der Waals surface area contributed by atoms with Crippen LogP contribution in [0, 0.1) is 0 Å². The molecule has 1 aliphatic rings. The van der Waals surface area contributed by atoms with E-state index < -0.39 is 23.8 Å². The van der Waals surface area contributed by atoms with E-state index in [0.29, 0.717) is 12.8 Å². The molecule has 1 amide bonds. The Morgan fingerprint density at radius 2 is 2.14 bits per heavy atom. The molecular weight excluding hydrogens is 353 g/mol. The lowest BCUT2D eigenvalue weighted by molar-refractivity contribution is -0.137. The van der Waals surface area contributed by atoms with E-state index in [1.54, 1.807) is 0 Å². The summed E-state index contributed by atoms with van der Waals surface area (Å²) < 4.78 is 44.5. The number of rotatable bonds is 3. The first-order valence-corrected chi connectivity index (χ1v) is 7.13. The van der Waals surface area contributed by atoms with Crippen molar-refractivity contribution in [3.05, 3.63) is 28.2 Å². The summed E-state index contributed by atoms with van der Waals surface area (Å²) in [4.78, 5) is 12.0. The Hall–Kier alpha value is -1.12. The number of benzene rings is 1. The van der Waals surface area contributed by atoms with Gasteiger partial charge in [0.2, 0.25) is 0 Å². The minimum absolute atomic E-state index is 0.215. The van der Waals surface area contributed by atoms with Crippen molar-refractivity contribution in [2.24, 2.45) is 5.73 Å². The molecule has 1 fully saturated rings. The molecule has 0 aliphatic carbocycles. The Labute approximate surface area is 128 Å². The Morgan fingerprint density at radius 3 is 2.71 bits per heavy atom. The summed E-state index contributed by atoms with van der Waals surface area (Å²) in [5.74, 6) is -0.584. The van der Waals surface area contributed by atoms with Gasteiger partial charge in [-0.2, -0.15) is 13.2 Å². The molecule has 0 bridgehead atoms. The molecule has 1 aliphatic heterocycles. The number of nitrogens with two attached hydrogens (primary N) is 1. The van der Waals surface area contributed by atoms with E-state index in [4.69, 9.17) is 10.5 Å². The summed E-state index contributed by atoms with van der Waals surface area (Å²) in [7, 11) is 0. The summed E-state index contributed by atoms with van der Waals surface area (Å²) in [5, 5.41) is 2.29. The molecule has 0 radical (unpaired) electrons. The fraction of sp³-hybridized carbons (Fsp3) is 0.462. The van der Waals surface area contributed by atoms with Crippen LogP contribution in [0.5, 0.6) is 0 Å². The second-order valence-corrected chi connectivity index (χ2v) is 5.65. The first-order valence-electron chi connectivity index (χ1n) is 6.34. The quantitative estimate of drug-likeness (QED) is 0.864. The lowest BCUT2D eigenvalue weighted by Crippen LogP contribution is -2.30. The number of amides is 1. The van der Waals surface area contributed by atoms with Gasteiger partial charge in [-0.3, -0.25) is 4.79 Å². The van der Waals surface area contributed by atoms with Crippen molar-refractivity contribution in [3.8, 4) is 0 Å². The van der Waals surface area contributed by atoms with Crippen LogP contribution in [0.4, 0.5) is 18.9 Å². The molecule has 0 spiro atoms. The van der Waals surface area contributed by atoms with E-state index in [1.165, 1.54) is 12.1 Å². The van der Waals surface area contributed by atoms with E-state index >= 15 is 0 Å². The molecule has 1 aromatic rings. The Balaban J connectivity index is 2.14. The highest BCUT2D eigenvalue weighted by Crippen LogP contribution is 2.36. The van der Waals surface area contributed by atoms with Crippen molar-refractivity contribution < 1.29 is 22.7 Å². The van der Waals surface area contributed by atoms with Gasteiger partial charge in [-0.1, -0.05) is 15.9 Å². The van der Waals surface area contributed by atoms with Crippen LogP contribution in [0.3, 0.4) is 0 Å². The molecule has 21 heavy (non-hydrogen) atoms. The molecule has 4 nitrogen and oxygen atoms in total. The van der Waals surface area contributed by atoms with Crippen molar-refractivity contribution in [2.75, 3.05) is 11.9 Å². The smallest absolute Gasteiger partial charge is 0.364 e. The first-order chi connectivity index (χ1) is 9.81. The number of hydrogen-bond donors (Lipinski definition) is 2. The standard InChI is InChI=1S/C13H14BrF3N2O2/c14-7-1-3-10(9(5-7)13(15,16)17)19-12(20)11-4-2-8(6-18)21-11/h1,3,5,8,11H,2,4,6,18H2,(H,19,20). The van der Waals surface area contributed by atoms with E-state index in [0.717, 1.165) is 6.07 Å². The minimum atomic E-state index is -4.55. The van der Waals surface area contributed by atoms with Gasteiger partial charge in [-0.05, 0) is 31.0 Å².